The maximum Gasteiger partial charge on any atom is 0.106 e. The van der Waals surface area contributed by atoms with Crippen LogP contribution in [-0.2, 0) is 0 Å². The molecular weight excluding hydrogens is 260 g/mol. The van der Waals surface area contributed by atoms with E-state index in [0.717, 1.165) is 9.08 Å². The average molecular weight is 264 g/mol. The summed E-state index contributed by atoms with van der Waals surface area (Å²) >= 11 is 6.48. The Hall–Kier alpha value is -0.400. The molecule has 2 nitrogen and oxygen atoms in total. The largest absolute Gasteiger partial charge is 0.248 e. The molecule has 4 heteroatoms. The van der Waals surface area contributed by atoms with Crippen molar-refractivity contribution in [3.8, 4) is 6.57 Å². The summed E-state index contributed by atoms with van der Waals surface area (Å²) in [7, 11) is 0. The molecule has 1 aromatic heterocycles. The third-order valence-electron chi connectivity index (χ3n) is 0.691. The van der Waals surface area contributed by atoms with Gasteiger partial charge in [0.05, 0.1) is 0 Å². The predicted molar refractivity (Wildman–Crippen MR) is 46.3 cm³/mol. The van der Waals surface area contributed by atoms with Crippen molar-refractivity contribution in [1.29, 1.82) is 5.26 Å². The van der Waals surface area contributed by atoms with E-state index >= 15 is 0 Å². The Morgan fingerprint density at radius 3 is 2.20 bits per heavy atom. The first-order valence-corrected chi connectivity index (χ1v) is 3.90. The summed E-state index contributed by atoms with van der Waals surface area (Å²) in [4.78, 5) is 3.95. The normalized spacial score (nSPS) is 7.60. The first kappa shape index (κ1) is 9.60. The van der Waals surface area contributed by atoms with Gasteiger partial charge in [0.25, 0.3) is 0 Å². The Balaban J connectivity index is 0.000000371. The fraction of sp³-hybridized carbons (Fsp3) is 0. The van der Waals surface area contributed by atoms with Crippen molar-refractivity contribution in [3.63, 3.8) is 0 Å². The number of hydrogen-bond donors (Lipinski definition) is 0. The van der Waals surface area contributed by atoms with Crippen LogP contribution in [0.15, 0.2) is 27.4 Å². The van der Waals surface area contributed by atoms with Crippen molar-refractivity contribution in [2.75, 3.05) is 0 Å². The zero-order valence-electron chi connectivity index (χ0n) is 4.96. The molecule has 52 valence electrons. The van der Waals surface area contributed by atoms with Crippen molar-refractivity contribution in [3.05, 3.63) is 27.4 Å². The van der Waals surface area contributed by atoms with Crippen LogP contribution in [0.25, 0.3) is 0 Å². The molecule has 0 bridgehead atoms. The Bertz CT molecular complexity index is 184. The van der Waals surface area contributed by atoms with Crippen LogP contribution in [0.5, 0.6) is 0 Å². The fourth-order valence-electron chi connectivity index (χ4n) is 0.358. The number of nitriles is 1. The number of nitrogens with zero attached hydrogens (tertiary/aromatic N) is 2. The first-order valence-electron chi connectivity index (χ1n) is 2.32. The molecule has 0 saturated carbocycles. The molecule has 0 aliphatic rings. The number of hydrogen-bond acceptors (Lipinski definition) is 2. The van der Waals surface area contributed by atoms with Gasteiger partial charge in [-0.1, -0.05) is 0 Å². The predicted octanol–water partition coefficient (Wildman–Crippen LogP) is 2.75. The topological polar surface area (TPSA) is 36.7 Å². The van der Waals surface area contributed by atoms with Crippen LogP contribution in [0.1, 0.15) is 0 Å². The SMILES string of the molecule is Brc1ccc(Br)nc1.C#N. The van der Waals surface area contributed by atoms with Gasteiger partial charge in [-0.05, 0) is 44.0 Å². The van der Waals surface area contributed by atoms with Gasteiger partial charge in [0.2, 0.25) is 0 Å². The lowest BCUT2D eigenvalue weighted by Crippen LogP contribution is -1.70. The van der Waals surface area contributed by atoms with Crippen LogP contribution >= 0.6 is 31.9 Å². The lowest BCUT2D eigenvalue weighted by atomic mass is 10.5. The molecule has 1 rings (SSSR count). The van der Waals surface area contributed by atoms with Crippen LogP contribution in [0.4, 0.5) is 0 Å². The smallest absolute Gasteiger partial charge is 0.106 e. The van der Waals surface area contributed by atoms with Crippen LogP contribution in [0.3, 0.4) is 0 Å². The lowest BCUT2D eigenvalue weighted by Gasteiger charge is -1.86. The Morgan fingerprint density at radius 2 is 1.90 bits per heavy atom. The standard InChI is InChI=1S/C5H3Br2N.CHN/c6-4-1-2-5(7)8-3-4;1-2/h1-3H;1H. The van der Waals surface area contributed by atoms with E-state index in [9.17, 15) is 0 Å². The minimum absolute atomic E-state index is 0.862. The molecule has 1 heterocycles. The molecule has 1 aromatic rings. The zero-order valence-corrected chi connectivity index (χ0v) is 8.13. The van der Waals surface area contributed by atoms with Crippen LogP contribution in [0, 0.1) is 11.8 Å². The summed E-state index contributed by atoms with van der Waals surface area (Å²) in [6.07, 6.45) is 1.74. The average Bonchev–Trinajstić information content (AvgIpc) is 2.00. The summed E-state index contributed by atoms with van der Waals surface area (Å²) in [6, 6.07) is 3.81. The summed E-state index contributed by atoms with van der Waals surface area (Å²) in [5, 5.41) is 6.50. The molecule has 0 radical (unpaired) electrons. The molecular formula is C6H4Br2N2. The van der Waals surface area contributed by atoms with E-state index in [1.54, 1.807) is 6.20 Å². The van der Waals surface area contributed by atoms with E-state index in [0.29, 0.717) is 0 Å². The van der Waals surface area contributed by atoms with Gasteiger partial charge in [0.1, 0.15) is 4.60 Å². The molecule has 0 N–H and O–H groups in total. The molecule has 0 fully saturated rings. The number of aromatic nitrogens is 1. The Labute approximate surface area is 76.1 Å². The Morgan fingerprint density at radius 1 is 1.30 bits per heavy atom. The second kappa shape index (κ2) is 5.39. The minimum Gasteiger partial charge on any atom is -0.248 e. The van der Waals surface area contributed by atoms with E-state index in [-0.39, 0.29) is 0 Å². The first-order chi connectivity index (χ1) is 4.79. The monoisotopic (exact) mass is 262 g/mol. The van der Waals surface area contributed by atoms with Gasteiger partial charge in [-0.2, -0.15) is 0 Å². The highest BCUT2D eigenvalue weighted by Crippen LogP contribution is 2.10. The number of halogens is 2. The summed E-state index contributed by atoms with van der Waals surface area (Å²) in [6.45, 7) is 3.50. The van der Waals surface area contributed by atoms with Gasteiger partial charge < -0.3 is 0 Å². The fourth-order valence-corrected chi connectivity index (χ4v) is 0.827. The second-order valence-corrected chi connectivity index (χ2v) is 3.03. The van der Waals surface area contributed by atoms with Crippen LogP contribution in [0.2, 0.25) is 0 Å². The van der Waals surface area contributed by atoms with Crippen molar-refractivity contribution in [1.82, 2.24) is 4.98 Å². The highest BCUT2D eigenvalue weighted by molar-refractivity contribution is 9.11. The lowest BCUT2D eigenvalue weighted by molar-refractivity contribution is 1.26. The summed E-state index contributed by atoms with van der Waals surface area (Å²) in [5.74, 6) is 0. The molecule has 0 unspecified atom stereocenters. The van der Waals surface area contributed by atoms with Gasteiger partial charge in [0, 0.05) is 17.2 Å². The molecule has 0 amide bonds. The van der Waals surface area contributed by atoms with E-state index < -0.39 is 0 Å². The van der Waals surface area contributed by atoms with E-state index in [1.165, 1.54) is 0 Å². The van der Waals surface area contributed by atoms with E-state index in [4.69, 9.17) is 5.26 Å². The van der Waals surface area contributed by atoms with E-state index in [1.807, 2.05) is 12.1 Å². The molecule has 0 aromatic carbocycles. The number of pyridine rings is 1. The maximum atomic E-state index is 6.50. The molecule has 0 saturated heterocycles. The second-order valence-electron chi connectivity index (χ2n) is 1.30. The van der Waals surface area contributed by atoms with Crippen molar-refractivity contribution < 1.29 is 0 Å². The van der Waals surface area contributed by atoms with Crippen LogP contribution in [-0.4, -0.2) is 4.98 Å². The summed E-state index contributed by atoms with van der Waals surface area (Å²) < 4.78 is 1.86. The van der Waals surface area contributed by atoms with Crippen molar-refractivity contribution >= 4 is 31.9 Å². The van der Waals surface area contributed by atoms with E-state index in [2.05, 4.69) is 43.4 Å². The molecule has 0 aliphatic heterocycles. The van der Waals surface area contributed by atoms with Gasteiger partial charge in [-0.3, -0.25) is 0 Å². The molecule has 0 aliphatic carbocycles. The van der Waals surface area contributed by atoms with Crippen molar-refractivity contribution in [2.24, 2.45) is 0 Å². The van der Waals surface area contributed by atoms with Gasteiger partial charge in [0.15, 0.2) is 0 Å². The summed E-state index contributed by atoms with van der Waals surface area (Å²) in [5.41, 5.74) is 0. The third-order valence-corrected chi connectivity index (χ3v) is 1.63. The molecule has 0 atom stereocenters. The maximum absolute atomic E-state index is 6.50. The third kappa shape index (κ3) is 3.59. The molecule has 10 heavy (non-hydrogen) atoms. The van der Waals surface area contributed by atoms with Gasteiger partial charge >= 0.3 is 0 Å². The zero-order chi connectivity index (χ0) is 7.98. The van der Waals surface area contributed by atoms with Crippen LogP contribution < -0.4 is 0 Å². The quantitative estimate of drug-likeness (QED) is 0.675. The van der Waals surface area contributed by atoms with Gasteiger partial charge in [-0.15, -0.1) is 0 Å². The number of rotatable bonds is 0. The highest BCUT2D eigenvalue weighted by atomic mass is 79.9. The van der Waals surface area contributed by atoms with Gasteiger partial charge in [-0.25, -0.2) is 10.2 Å². The minimum atomic E-state index is 0.862. The Kier molecular flexibility index (Phi) is 5.17. The molecule has 0 spiro atoms. The van der Waals surface area contributed by atoms with Crippen molar-refractivity contribution in [2.45, 2.75) is 0 Å². The highest BCUT2D eigenvalue weighted by Gasteiger charge is 1.84.